The molecule has 4 aromatic rings. The number of anilines is 3. The van der Waals surface area contributed by atoms with Crippen LogP contribution in [0.2, 0.25) is 18.6 Å². The molecule has 1 saturated heterocycles. The minimum atomic E-state index is -3.41. The Hall–Kier alpha value is -5.04. The van der Waals surface area contributed by atoms with E-state index < -0.39 is 31.6 Å². The molecule has 1 spiro atoms. The van der Waals surface area contributed by atoms with Gasteiger partial charge in [0.2, 0.25) is 8.41 Å². The summed E-state index contributed by atoms with van der Waals surface area (Å²) in [5, 5.41) is 15.8. The van der Waals surface area contributed by atoms with Gasteiger partial charge in [-0.3, -0.25) is 14.4 Å². The molecular weight excluding hydrogens is 670 g/mol. The first kappa shape index (κ1) is 35.8. The number of rotatable bonds is 11. The van der Waals surface area contributed by atoms with Gasteiger partial charge >= 0.3 is 0 Å². The van der Waals surface area contributed by atoms with Crippen LogP contribution in [0.4, 0.5) is 21.2 Å². The molecule has 4 atom stereocenters. The zero-order valence-electron chi connectivity index (χ0n) is 29.2. The Kier molecular flexibility index (Phi) is 10.0. The summed E-state index contributed by atoms with van der Waals surface area (Å²) in [5.41, 5.74) is 1.59. The van der Waals surface area contributed by atoms with E-state index in [9.17, 15) is 19.5 Å². The quantitative estimate of drug-likeness (QED) is 0.114. The lowest BCUT2D eigenvalue weighted by molar-refractivity contribution is -0.146. The molecule has 0 radical (unpaired) electrons. The largest absolute Gasteiger partial charge is 0.497 e. The Morgan fingerprint density at radius 1 is 0.882 bits per heavy atom. The minimum absolute atomic E-state index is 0.138. The van der Waals surface area contributed by atoms with Crippen LogP contribution in [0.5, 0.6) is 11.5 Å². The van der Waals surface area contributed by atoms with Crippen LogP contribution < -0.4 is 25.0 Å². The van der Waals surface area contributed by atoms with Crippen molar-refractivity contribution in [1.82, 2.24) is 0 Å². The van der Waals surface area contributed by atoms with Crippen LogP contribution in [0.3, 0.4) is 0 Å². The van der Waals surface area contributed by atoms with Crippen LogP contribution in [0.15, 0.2) is 91.0 Å². The molecule has 1 fully saturated rings. The number of carbonyl (C=O) groups is 3. The van der Waals surface area contributed by atoms with Gasteiger partial charge in [0.05, 0.1) is 32.6 Å². The number of halogens is 1. The zero-order valence-corrected chi connectivity index (χ0v) is 30.2. The molecule has 51 heavy (non-hydrogen) atoms. The van der Waals surface area contributed by atoms with Gasteiger partial charge in [-0.25, -0.2) is 0 Å². The maximum atomic E-state index is 16.0. The van der Waals surface area contributed by atoms with E-state index in [1.807, 2.05) is 13.0 Å². The topological polar surface area (TPSA) is 126 Å². The molecule has 2 aliphatic heterocycles. The predicted octanol–water partition coefficient (Wildman–Crippen LogP) is 6.91. The number of nitrogens with zero attached hydrogens (tertiary/aromatic N) is 1. The fraction of sp³-hybridized carbons (Fsp3) is 0.308. The molecular formula is C39H42FN3O7Si. The van der Waals surface area contributed by atoms with E-state index in [4.69, 9.17) is 14.2 Å². The average Bonchev–Trinajstić information content (AvgIpc) is 3.54. The van der Waals surface area contributed by atoms with Gasteiger partial charge in [0.1, 0.15) is 11.5 Å². The second-order valence-electron chi connectivity index (χ2n) is 13.5. The summed E-state index contributed by atoms with van der Waals surface area (Å²) in [6.45, 7) is 4.98. The van der Waals surface area contributed by atoms with Gasteiger partial charge in [-0.15, -0.1) is 0 Å². The van der Waals surface area contributed by atoms with Crippen molar-refractivity contribution in [3.63, 3.8) is 0 Å². The summed E-state index contributed by atoms with van der Waals surface area (Å²) in [6, 6.07) is 25.9. The van der Waals surface area contributed by atoms with Gasteiger partial charge in [0, 0.05) is 46.1 Å². The lowest BCUT2D eigenvalue weighted by Crippen LogP contribution is -2.45. The third-order valence-electron chi connectivity index (χ3n) is 9.86. The zero-order chi connectivity index (χ0) is 36.5. The normalized spacial score (nSPS) is 21.0. The average molecular weight is 712 g/mol. The van der Waals surface area contributed by atoms with E-state index in [1.165, 1.54) is 0 Å². The molecule has 0 unspecified atom stereocenters. The second kappa shape index (κ2) is 14.3. The SMILES string of the molecule is COc1ccc(C(=O)Nc2cccc(CN3C(=O)[C@]4(O[C@H](CCO)[C@@H]([Si](C)(C)F)[C@@H]4C)c4cc(NC(=O)c5ccc(OC)cc5)ccc43)c2)cc1. The molecule has 0 aliphatic carbocycles. The lowest BCUT2D eigenvalue weighted by atomic mass is 9.82. The molecule has 0 bridgehead atoms. The number of benzene rings is 4. The third-order valence-corrected chi connectivity index (χ3v) is 12.3. The fourth-order valence-electron chi connectivity index (χ4n) is 7.50. The van der Waals surface area contributed by atoms with Gasteiger partial charge in [0.15, 0.2) is 5.60 Å². The van der Waals surface area contributed by atoms with E-state index in [-0.39, 0.29) is 37.3 Å². The monoisotopic (exact) mass is 711 g/mol. The van der Waals surface area contributed by atoms with E-state index in [0.29, 0.717) is 45.3 Å². The summed E-state index contributed by atoms with van der Waals surface area (Å²) in [4.78, 5) is 42.7. The Labute approximate surface area is 297 Å². The Balaban J connectivity index is 1.34. The summed E-state index contributed by atoms with van der Waals surface area (Å²) in [7, 11) is -0.305. The molecule has 12 heteroatoms. The van der Waals surface area contributed by atoms with Crippen LogP contribution in [0.25, 0.3) is 0 Å². The first-order valence-electron chi connectivity index (χ1n) is 16.8. The number of amides is 3. The molecule has 6 rings (SSSR count). The Bertz CT molecular complexity index is 1930. The van der Waals surface area contributed by atoms with Crippen molar-refractivity contribution < 1.29 is 37.8 Å². The summed E-state index contributed by atoms with van der Waals surface area (Å²) in [5.74, 6) is -0.309. The highest BCUT2D eigenvalue weighted by Gasteiger charge is 2.66. The van der Waals surface area contributed by atoms with Crippen LogP contribution in [0, 0.1) is 5.92 Å². The number of methoxy groups -OCH3 is 2. The molecule has 0 saturated carbocycles. The number of ether oxygens (including phenoxy) is 3. The standard InChI is InChI=1S/C39H42FN3O7Si/c1-24-35(51(4,5)40)34(19-20-44)50-39(24)32-22-29(42-37(46)27-11-16-31(49-3)17-12-27)13-18-33(32)43(38(39)47)23-25-7-6-8-28(21-25)41-36(45)26-9-14-30(48-2)15-10-26/h6-18,21-22,24,34-35,44H,19-20,23H2,1-5H3,(H,41,45)(H,42,46)/t24-,34+,35-,39+/m0/s1. The van der Waals surface area contributed by atoms with Crippen molar-refractivity contribution >= 4 is 43.2 Å². The maximum Gasteiger partial charge on any atom is 0.264 e. The van der Waals surface area contributed by atoms with Crippen LogP contribution in [-0.4, -0.2) is 58.2 Å². The molecule has 3 amide bonds. The van der Waals surface area contributed by atoms with Crippen LogP contribution in [0.1, 0.15) is 45.2 Å². The molecule has 266 valence electrons. The highest BCUT2D eigenvalue weighted by Crippen LogP contribution is 2.60. The first-order chi connectivity index (χ1) is 24.4. The van der Waals surface area contributed by atoms with Gasteiger partial charge in [-0.05, 0) is 104 Å². The number of nitrogens with one attached hydrogen (secondary N) is 2. The second-order valence-corrected chi connectivity index (χ2v) is 17.3. The number of hydrogen-bond acceptors (Lipinski definition) is 7. The van der Waals surface area contributed by atoms with Gasteiger partial charge in [-0.1, -0.05) is 19.1 Å². The van der Waals surface area contributed by atoms with Crippen molar-refractivity contribution in [2.24, 2.45) is 5.92 Å². The van der Waals surface area contributed by atoms with Crippen molar-refractivity contribution in [3.05, 3.63) is 113 Å². The Morgan fingerprint density at radius 2 is 1.45 bits per heavy atom. The highest BCUT2D eigenvalue weighted by atomic mass is 28.4. The van der Waals surface area contributed by atoms with E-state index in [1.54, 1.807) is 117 Å². The molecule has 2 heterocycles. The van der Waals surface area contributed by atoms with Gasteiger partial charge in [-0.2, -0.15) is 0 Å². The van der Waals surface area contributed by atoms with Crippen LogP contribution >= 0.6 is 0 Å². The van der Waals surface area contributed by atoms with Crippen molar-refractivity contribution in [2.75, 3.05) is 36.4 Å². The summed E-state index contributed by atoms with van der Waals surface area (Å²) in [6.07, 6.45) is -0.494. The van der Waals surface area contributed by atoms with E-state index in [0.717, 1.165) is 5.56 Å². The summed E-state index contributed by atoms with van der Waals surface area (Å²) >= 11 is 0. The van der Waals surface area contributed by atoms with Crippen molar-refractivity contribution in [2.45, 2.75) is 50.2 Å². The molecule has 2 aliphatic rings. The Morgan fingerprint density at radius 3 is 1.98 bits per heavy atom. The minimum Gasteiger partial charge on any atom is -0.497 e. The predicted molar refractivity (Wildman–Crippen MR) is 196 cm³/mol. The number of aliphatic hydroxyl groups excluding tert-OH is 1. The molecule has 0 aromatic heterocycles. The molecule has 10 nitrogen and oxygen atoms in total. The molecule has 4 aromatic carbocycles. The highest BCUT2D eigenvalue weighted by molar-refractivity contribution is 6.72. The first-order valence-corrected chi connectivity index (χ1v) is 19.8. The molecule has 3 N–H and O–H groups in total. The summed E-state index contributed by atoms with van der Waals surface area (Å²) < 4.78 is 33.1. The van der Waals surface area contributed by atoms with E-state index in [2.05, 4.69) is 10.6 Å². The number of fused-ring (bicyclic) bond motifs is 2. The van der Waals surface area contributed by atoms with Crippen LogP contribution in [-0.2, 0) is 21.7 Å². The van der Waals surface area contributed by atoms with E-state index >= 15 is 4.11 Å². The number of aliphatic hydroxyl groups is 1. The number of carbonyl (C=O) groups excluding carboxylic acids is 3. The van der Waals surface area contributed by atoms with Crippen molar-refractivity contribution in [3.8, 4) is 11.5 Å². The van der Waals surface area contributed by atoms with Gasteiger partial charge in [0.25, 0.3) is 17.7 Å². The third kappa shape index (κ3) is 6.86. The van der Waals surface area contributed by atoms with Gasteiger partial charge < -0.3 is 39.0 Å². The van der Waals surface area contributed by atoms with Crippen molar-refractivity contribution in [1.29, 1.82) is 0 Å². The lowest BCUT2D eigenvalue weighted by Gasteiger charge is -2.31. The fourth-order valence-corrected chi connectivity index (χ4v) is 10.0. The smallest absolute Gasteiger partial charge is 0.264 e. The number of hydrogen-bond donors (Lipinski definition) is 3. The maximum absolute atomic E-state index is 16.0.